The lowest BCUT2D eigenvalue weighted by Crippen LogP contribution is -2.14. The molecule has 0 unspecified atom stereocenters. The second-order valence-corrected chi connectivity index (χ2v) is 4.12. The molecule has 102 valence electrons. The van der Waals surface area contributed by atoms with Crippen LogP contribution in [0.25, 0.3) is 0 Å². The third-order valence-electron chi connectivity index (χ3n) is 2.83. The zero-order valence-electron chi connectivity index (χ0n) is 10.2. The number of halogens is 2. The van der Waals surface area contributed by atoms with Crippen LogP contribution in [-0.4, -0.2) is 12.7 Å². The van der Waals surface area contributed by atoms with Crippen LogP contribution in [0.15, 0.2) is 36.4 Å². The highest BCUT2D eigenvalue weighted by molar-refractivity contribution is 6.04. The Labute approximate surface area is 112 Å². The maximum absolute atomic E-state index is 13.5. The van der Waals surface area contributed by atoms with Gasteiger partial charge in [-0.1, -0.05) is 6.07 Å². The third-order valence-corrected chi connectivity index (χ3v) is 2.83. The SMILES string of the molecule is O=C(Nc1ccc2c(c1)OCO2)c1cccc(F)c1F. The maximum Gasteiger partial charge on any atom is 0.258 e. The van der Waals surface area contributed by atoms with E-state index in [-0.39, 0.29) is 12.4 Å². The first kappa shape index (κ1) is 12.4. The van der Waals surface area contributed by atoms with E-state index in [0.717, 1.165) is 6.07 Å². The molecule has 0 spiro atoms. The Morgan fingerprint density at radius 3 is 2.75 bits per heavy atom. The minimum absolute atomic E-state index is 0.116. The molecule has 0 aliphatic carbocycles. The molecule has 0 saturated heterocycles. The smallest absolute Gasteiger partial charge is 0.258 e. The highest BCUT2D eigenvalue weighted by atomic mass is 19.2. The molecule has 0 radical (unpaired) electrons. The number of benzene rings is 2. The van der Waals surface area contributed by atoms with Gasteiger partial charge in [0.1, 0.15) is 0 Å². The van der Waals surface area contributed by atoms with E-state index in [1.807, 2.05) is 0 Å². The number of rotatable bonds is 2. The van der Waals surface area contributed by atoms with Crippen LogP contribution in [0.1, 0.15) is 10.4 Å². The first-order chi connectivity index (χ1) is 9.65. The minimum atomic E-state index is -1.18. The average Bonchev–Trinajstić information content (AvgIpc) is 2.89. The van der Waals surface area contributed by atoms with E-state index in [1.165, 1.54) is 12.1 Å². The fourth-order valence-corrected chi connectivity index (χ4v) is 1.85. The van der Waals surface area contributed by atoms with Gasteiger partial charge in [0.25, 0.3) is 5.91 Å². The fourth-order valence-electron chi connectivity index (χ4n) is 1.85. The second kappa shape index (κ2) is 4.80. The Bertz CT molecular complexity index is 688. The number of carbonyl (C=O) groups is 1. The summed E-state index contributed by atoms with van der Waals surface area (Å²) in [5, 5.41) is 2.47. The molecule has 3 rings (SSSR count). The van der Waals surface area contributed by atoms with Crippen molar-refractivity contribution < 1.29 is 23.0 Å². The van der Waals surface area contributed by atoms with E-state index in [2.05, 4.69) is 5.32 Å². The van der Waals surface area contributed by atoms with Crippen LogP contribution in [0.5, 0.6) is 11.5 Å². The summed E-state index contributed by atoms with van der Waals surface area (Å²) >= 11 is 0. The van der Waals surface area contributed by atoms with Crippen molar-refractivity contribution in [2.45, 2.75) is 0 Å². The molecule has 1 amide bonds. The maximum atomic E-state index is 13.5. The number of amides is 1. The first-order valence-corrected chi connectivity index (χ1v) is 5.80. The topological polar surface area (TPSA) is 47.6 Å². The Balaban J connectivity index is 1.84. The van der Waals surface area contributed by atoms with E-state index < -0.39 is 17.5 Å². The number of hydrogen-bond donors (Lipinski definition) is 1. The monoisotopic (exact) mass is 277 g/mol. The molecule has 1 aliphatic heterocycles. The Morgan fingerprint density at radius 2 is 1.90 bits per heavy atom. The van der Waals surface area contributed by atoms with Crippen molar-refractivity contribution in [1.29, 1.82) is 0 Å². The van der Waals surface area contributed by atoms with Gasteiger partial charge in [0.2, 0.25) is 6.79 Å². The van der Waals surface area contributed by atoms with Crippen molar-refractivity contribution in [3.63, 3.8) is 0 Å². The van der Waals surface area contributed by atoms with E-state index in [9.17, 15) is 13.6 Å². The number of hydrogen-bond acceptors (Lipinski definition) is 3. The molecule has 2 aromatic rings. The van der Waals surface area contributed by atoms with Crippen molar-refractivity contribution >= 4 is 11.6 Å². The lowest BCUT2D eigenvalue weighted by molar-refractivity contribution is 0.102. The molecule has 0 saturated carbocycles. The number of ether oxygens (including phenoxy) is 2. The normalized spacial score (nSPS) is 12.3. The molecule has 1 heterocycles. The number of carbonyl (C=O) groups excluding carboxylic acids is 1. The first-order valence-electron chi connectivity index (χ1n) is 5.80. The van der Waals surface area contributed by atoms with Crippen molar-refractivity contribution in [2.24, 2.45) is 0 Å². The van der Waals surface area contributed by atoms with Crippen molar-refractivity contribution in [3.8, 4) is 11.5 Å². The molecular formula is C14H9F2NO3. The molecule has 0 aromatic heterocycles. The predicted molar refractivity (Wildman–Crippen MR) is 66.9 cm³/mol. The van der Waals surface area contributed by atoms with Gasteiger partial charge in [-0.15, -0.1) is 0 Å². The van der Waals surface area contributed by atoms with E-state index in [4.69, 9.17) is 9.47 Å². The van der Waals surface area contributed by atoms with E-state index >= 15 is 0 Å². The Morgan fingerprint density at radius 1 is 1.10 bits per heavy atom. The lowest BCUT2D eigenvalue weighted by Gasteiger charge is -2.07. The molecule has 1 aliphatic rings. The van der Waals surface area contributed by atoms with Crippen LogP contribution in [0, 0.1) is 11.6 Å². The quantitative estimate of drug-likeness (QED) is 0.918. The summed E-state index contributed by atoms with van der Waals surface area (Å²) in [6.07, 6.45) is 0. The number of fused-ring (bicyclic) bond motifs is 1. The molecule has 1 N–H and O–H groups in total. The van der Waals surface area contributed by atoms with Crippen LogP contribution in [0.4, 0.5) is 14.5 Å². The minimum Gasteiger partial charge on any atom is -0.454 e. The van der Waals surface area contributed by atoms with Gasteiger partial charge in [-0.25, -0.2) is 8.78 Å². The molecule has 0 atom stereocenters. The molecule has 4 nitrogen and oxygen atoms in total. The second-order valence-electron chi connectivity index (χ2n) is 4.12. The Hall–Kier alpha value is -2.63. The standard InChI is InChI=1S/C14H9F2NO3/c15-10-3-1-2-9(13(10)16)14(18)17-8-4-5-11-12(6-8)20-7-19-11/h1-6H,7H2,(H,17,18). The zero-order valence-corrected chi connectivity index (χ0v) is 10.2. The van der Waals surface area contributed by atoms with Crippen molar-refractivity contribution in [3.05, 3.63) is 53.6 Å². The van der Waals surface area contributed by atoms with Gasteiger partial charge in [-0.3, -0.25) is 4.79 Å². The van der Waals surface area contributed by atoms with Gasteiger partial charge in [0.15, 0.2) is 23.1 Å². The van der Waals surface area contributed by atoms with Gasteiger partial charge in [-0.05, 0) is 24.3 Å². The highest BCUT2D eigenvalue weighted by Crippen LogP contribution is 2.34. The van der Waals surface area contributed by atoms with Gasteiger partial charge in [-0.2, -0.15) is 0 Å². The Kier molecular flexibility index (Phi) is 2.98. The van der Waals surface area contributed by atoms with Crippen LogP contribution < -0.4 is 14.8 Å². The summed E-state index contributed by atoms with van der Waals surface area (Å²) in [5.41, 5.74) is 0.0468. The molecule has 20 heavy (non-hydrogen) atoms. The summed E-state index contributed by atoms with van der Waals surface area (Å²) in [4.78, 5) is 11.9. The van der Waals surface area contributed by atoms with Gasteiger partial charge >= 0.3 is 0 Å². The largest absolute Gasteiger partial charge is 0.454 e. The van der Waals surface area contributed by atoms with Gasteiger partial charge in [0, 0.05) is 11.8 Å². The van der Waals surface area contributed by atoms with Gasteiger partial charge in [0.05, 0.1) is 5.56 Å². The van der Waals surface area contributed by atoms with Crippen molar-refractivity contribution in [2.75, 3.05) is 12.1 Å². The lowest BCUT2D eigenvalue weighted by atomic mass is 10.2. The molecule has 0 bridgehead atoms. The molecular weight excluding hydrogens is 268 g/mol. The summed E-state index contributed by atoms with van der Waals surface area (Å²) in [7, 11) is 0. The summed E-state index contributed by atoms with van der Waals surface area (Å²) in [5.74, 6) is -1.92. The van der Waals surface area contributed by atoms with Gasteiger partial charge < -0.3 is 14.8 Å². The predicted octanol–water partition coefficient (Wildman–Crippen LogP) is 2.95. The highest BCUT2D eigenvalue weighted by Gasteiger charge is 2.17. The summed E-state index contributed by atoms with van der Waals surface area (Å²) < 4.78 is 36.9. The van der Waals surface area contributed by atoms with Crippen LogP contribution in [0.3, 0.4) is 0 Å². The zero-order chi connectivity index (χ0) is 14.1. The summed E-state index contributed by atoms with van der Waals surface area (Å²) in [6.45, 7) is 0.116. The van der Waals surface area contributed by atoms with E-state index in [1.54, 1.807) is 18.2 Å². The molecule has 6 heteroatoms. The van der Waals surface area contributed by atoms with Crippen LogP contribution >= 0.6 is 0 Å². The van der Waals surface area contributed by atoms with E-state index in [0.29, 0.717) is 17.2 Å². The van der Waals surface area contributed by atoms with Crippen LogP contribution in [-0.2, 0) is 0 Å². The summed E-state index contributed by atoms with van der Waals surface area (Å²) in [6, 6.07) is 8.19. The third kappa shape index (κ3) is 2.16. The van der Waals surface area contributed by atoms with Crippen molar-refractivity contribution in [1.82, 2.24) is 0 Å². The average molecular weight is 277 g/mol. The molecule has 2 aromatic carbocycles. The fraction of sp³-hybridized carbons (Fsp3) is 0.0714. The van der Waals surface area contributed by atoms with Crippen LogP contribution in [0.2, 0.25) is 0 Å². The molecule has 0 fully saturated rings. The number of anilines is 1. The number of nitrogens with one attached hydrogen (secondary N) is 1.